The van der Waals surface area contributed by atoms with Crippen molar-refractivity contribution in [1.29, 1.82) is 0 Å². The molecular formula is C14H15ClN2O. The van der Waals surface area contributed by atoms with Crippen molar-refractivity contribution in [2.75, 3.05) is 13.1 Å². The van der Waals surface area contributed by atoms with Crippen molar-refractivity contribution < 1.29 is 4.79 Å². The largest absolute Gasteiger partial charge is 0.352 e. The second-order valence-electron chi connectivity index (χ2n) is 4.35. The molecule has 0 aliphatic heterocycles. The first-order chi connectivity index (χ1) is 8.70. The zero-order valence-electron chi connectivity index (χ0n) is 10.0. The monoisotopic (exact) mass is 262 g/mol. The maximum atomic E-state index is 11.8. The minimum atomic E-state index is -0.0814. The first-order valence-corrected chi connectivity index (χ1v) is 6.35. The van der Waals surface area contributed by atoms with Gasteiger partial charge in [0.25, 0.3) is 5.91 Å². The summed E-state index contributed by atoms with van der Waals surface area (Å²) >= 11 is 6.06. The molecule has 0 saturated heterocycles. The van der Waals surface area contributed by atoms with E-state index < -0.39 is 0 Å². The van der Waals surface area contributed by atoms with Crippen LogP contribution in [0.25, 0.3) is 0 Å². The Bertz CT molecular complexity index is 512. The molecule has 0 aromatic heterocycles. The molecule has 0 radical (unpaired) electrons. The molecule has 1 aliphatic rings. The van der Waals surface area contributed by atoms with E-state index in [1.807, 2.05) is 0 Å². The van der Waals surface area contributed by atoms with Crippen LogP contribution in [0.4, 0.5) is 0 Å². The van der Waals surface area contributed by atoms with E-state index in [0.717, 1.165) is 6.54 Å². The van der Waals surface area contributed by atoms with Crippen LogP contribution in [0.15, 0.2) is 18.2 Å². The van der Waals surface area contributed by atoms with Gasteiger partial charge in [-0.3, -0.25) is 4.79 Å². The van der Waals surface area contributed by atoms with Gasteiger partial charge in [0.1, 0.15) is 0 Å². The Hall–Kier alpha value is -1.50. The molecule has 1 aliphatic carbocycles. The average Bonchev–Trinajstić information content (AvgIpc) is 3.18. The summed E-state index contributed by atoms with van der Waals surface area (Å²) in [7, 11) is 0. The SMILES string of the molecule is NCC#Cc1ccc(C(=O)NCC2CC2)cc1Cl. The maximum absolute atomic E-state index is 11.8. The highest BCUT2D eigenvalue weighted by Gasteiger charge is 2.21. The highest BCUT2D eigenvalue weighted by Crippen LogP contribution is 2.27. The van der Waals surface area contributed by atoms with Gasteiger partial charge in [0, 0.05) is 17.7 Å². The highest BCUT2D eigenvalue weighted by molar-refractivity contribution is 6.32. The number of nitrogens with two attached hydrogens (primary N) is 1. The van der Waals surface area contributed by atoms with Gasteiger partial charge in [-0.1, -0.05) is 23.4 Å². The molecule has 1 saturated carbocycles. The minimum absolute atomic E-state index is 0.0814. The molecule has 3 N–H and O–H groups in total. The van der Waals surface area contributed by atoms with Crippen molar-refractivity contribution >= 4 is 17.5 Å². The number of nitrogens with one attached hydrogen (secondary N) is 1. The molecule has 18 heavy (non-hydrogen) atoms. The Morgan fingerprint density at radius 1 is 1.50 bits per heavy atom. The fourth-order valence-corrected chi connectivity index (χ4v) is 1.79. The molecule has 3 nitrogen and oxygen atoms in total. The van der Waals surface area contributed by atoms with E-state index >= 15 is 0 Å². The number of halogens is 1. The van der Waals surface area contributed by atoms with Crippen LogP contribution in [0.2, 0.25) is 5.02 Å². The molecule has 1 amide bonds. The van der Waals surface area contributed by atoms with Crippen LogP contribution >= 0.6 is 11.6 Å². The number of hydrogen-bond acceptors (Lipinski definition) is 2. The van der Waals surface area contributed by atoms with Crippen LogP contribution in [-0.4, -0.2) is 19.0 Å². The predicted octanol–water partition coefficient (Wildman–Crippen LogP) is 1.79. The fraction of sp³-hybridized carbons (Fsp3) is 0.357. The Morgan fingerprint density at radius 2 is 2.28 bits per heavy atom. The van der Waals surface area contributed by atoms with Gasteiger partial charge in [-0.15, -0.1) is 0 Å². The van der Waals surface area contributed by atoms with E-state index in [1.54, 1.807) is 18.2 Å². The molecule has 0 bridgehead atoms. The van der Waals surface area contributed by atoms with E-state index in [9.17, 15) is 4.79 Å². The Labute approximate surface area is 112 Å². The molecule has 4 heteroatoms. The number of rotatable bonds is 3. The Balaban J connectivity index is 2.04. The normalized spacial score (nSPS) is 13.7. The molecule has 1 aromatic carbocycles. The lowest BCUT2D eigenvalue weighted by Gasteiger charge is -2.05. The van der Waals surface area contributed by atoms with E-state index in [2.05, 4.69) is 17.2 Å². The summed E-state index contributed by atoms with van der Waals surface area (Å²) < 4.78 is 0. The van der Waals surface area contributed by atoms with Crippen LogP contribution in [0.1, 0.15) is 28.8 Å². The van der Waals surface area contributed by atoms with Crippen LogP contribution in [0, 0.1) is 17.8 Å². The third-order valence-corrected chi connectivity index (χ3v) is 3.12. The number of hydrogen-bond donors (Lipinski definition) is 2. The van der Waals surface area contributed by atoms with Gasteiger partial charge in [-0.2, -0.15) is 0 Å². The van der Waals surface area contributed by atoms with Gasteiger partial charge >= 0.3 is 0 Å². The molecule has 1 aromatic rings. The van der Waals surface area contributed by atoms with E-state index in [0.29, 0.717) is 28.6 Å². The topological polar surface area (TPSA) is 55.1 Å². The summed E-state index contributed by atoms with van der Waals surface area (Å²) in [6.07, 6.45) is 2.43. The quantitative estimate of drug-likeness (QED) is 0.816. The summed E-state index contributed by atoms with van der Waals surface area (Å²) in [6.45, 7) is 1.05. The maximum Gasteiger partial charge on any atom is 0.251 e. The summed E-state index contributed by atoms with van der Waals surface area (Å²) in [4.78, 5) is 11.8. The van der Waals surface area contributed by atoms with Crippen molar-refractivity contribution in [2.24, 2.45) is 11.7 Å². The molecule has 0 unspecified atom stereocenters. The van der Waals surface area contributed by atoms with Crippen molar-refractivity contribution in [3.05, 3.63) is 34.3 Å². The average molecular weight is 263 g/mol. The van der Waals surface area contributed by atoms with Crippen molar-refractivity contribution in [3.8, 4) is 11.8 Å². The van der Waals surface area contributed by atoms with Crippen molar-refractivity contribution in [3.63, 3.8) is 0 Å². The van der Waals surface area contributed by atoms with Crippen LogP contribution in [0.3, 0.4) is 0 Å². The number of carbonyl (C=O) groups excluding carboxylic acids is 1. The van der Waals surface area contributed by atoms with E-state index in [-0.39, 0.29) is 5.91 Å². The smallest absolute Gasteiger partial charge is 0.251 e. The summed E-state index contributed by atoms with van der Waals surface area (Å²) in [5, 5.41) is 3.38. The van der Waals surface area contributed by atoms with Crippen LogP contribution < -0.4 is 11.1 Å². The van der Waals surface area contributed by atoms with Gasteiger partial charge in [-0.25, -0.2) is 0 Å². The molecule has 94 valence electrons. The van der Waals surface area contributed by atoms with Gasteiger partial charge in [0.05, 0.1) is 11.6 Å². The molecular weight excluding hydrogens is 248 g/mol. The van der Waals surface area contributed by atoms with Gasteiger partial charge in [0.2, 0.25) is 0 Å². The summed E-state index contributed by atoms with van der Waals surface area (Å²) in [5.41, 5.74) is 6.56. The van der Waals surface area contributed by atoms with Crippen LogP contribution in [-0.2, 0) is 0 Å². The zero-order valence-corrected chi connectivity index (χ0v) is 10.8. The molecule has 2 rings (SSSR count). The fourth-order valence-electron chi connectivity index (χ4n) is 1.57. The molecule has 0 spiro atoms. The first-order valence-electron chi connectivity index (χ1n) is 5.97. The summed E-state index contributed by atoms with van der Waals surface area (Å²) in [6, 6.07) is 5.12. The van der Waals surface area contributed by atoms with Crippen molar-refractivity contribution in [1.82, 2.24) is 5.32 Å². The second kappa shape index (κ2) is 5.90. The molecule has 0 atom stereocenters. The standard InChI is InChI=1S/C14H15ClN2O/c15-13-8-12(6-5-11(13)2-1-7-16)14(18)17-9-10-3-4-10/h5-6,8,10H,3-4,7,9,16H2,(H,17,18). The zero-order chi connectivity index (χ0) is 13.0. The van der Waals surface area contributed by atoms with Crippen molar-refractivity contribution in [2.45, 2.75) is 12.8 Å². The molecule has 1 fully saturated rings. The lowest BCUT2D eigenvalue weighted by atomic mass is 10.1. The first kappa shape index (κ1) is 12.9. The van der Waals surface area contributed by atoms with E-state index in [1.165, 1.54) is 12.8 Å². The summed E-state index contributed by atoms with van der Waals surface area (Å²) in [5.74, 6) is 6.18. The number of amides is 1. The number of carbonyl (C=O) groups is 1. The lowest BCUT2D eigenvalue weighted by Crippen LogP contribution is -2.25. The predicted molar refractivity (Wildman–Crippen MR) is 72.4 cm³/mol. The van der Waals surface area contributed by atoms with E-state index in [4.69, 9.17) is 17.3 Å². The Morgan fingerprint density at radius 3 is 2.89 bits per heavy atom. The lowest BCUT2D eigenvalue weighted by molar-refractivity contribution is 0.0952. The van der Waals surface area contributed by atoms with Gasteiger partial charge in [0.15, 0.2) is 0 Å². The second-order valence-corrected chi connectivity index (χ2v) is 4.76. The third-order valence-electron chi connectivity index (χ3n) is 2.80. The number of benzene rings is 1. The highest BCUT2D eigenvalue weighted by atomic mass is 35.5. The minimum Gasteiger partial charge on any atom is -0.352 e. The third kappa shape index (κ3) is 3.49. The molecule has 0 heterocycles. The van der Waals surface area contributed by atoms with Crippen LogP contribution in [0.5, 0.6) is 0 Å². The Kier molecular flexibility index (Phi) is 4.24. The van der Waals surface area contributed by atoms with Gasteiger partial charge < -0.3 is 11.1 Å². The van der Waals surface area contributed by atoms with Gasteiger partial charge in [-0.05, 0) is 37.0 Å².